The molecule has 0 saturated carbocycles. The normalized spacial score (nSPS) is 11.3. The number of aromatic amines is 1. The van der Waals surface area contributed by atoms with Gasteiger partial charge in [0.2, 0.25) is 0 Å². The molecule has 6 nitrogen and oxygen atoms in total. The molecule has 0 atom stereocenters. The maximum Gasteiger partial charge on any atom is 0.190 e. The van der Waals surface area contributed by atoms with Gasteiger partial charge < -0.3 is 25.1 Å². The first kappa shape index (κ1) is 24.9. The van der Waals surface area contributed by atoms with E-state index in [1.807, 2.05) is 36.5 Å². The molecule has 0 aliphatic rings. The van der Waals surface area contributed by atoms with E-state index in [0.29, 0.717) is 13.2 Å². The molecular weight excluding hydrogens is 510 g/mol. The van der Waals surface area contributed by atoms with Crippen molar-refractivity contribution in [2.75, 3.05) is 33.9 Å². The average Bonchev–Trinajstić information content (AvgIpc) is 3.17. The standard InChI is InChI=1S/C23H29FN4O2.HI/c1-25-23(26-11-3-13-30-16-17-4-7-20(29-2)8-5-17)27-12-10-18-15-28-22-14-19(24)6-9-21(18)22;/h4-9,14-15,28H,3,10-13,16H2,1-2H3,(H2,25,26,27);1H. The Kier molecular flexibility index (Phi) is 10.6. The zero-order valence-corrected chi connectivity index (χ0v) is 20.2. The summed E-state index contributed by atoms with van der Waals surface area (Å²) in [6.45, 7) is 2.76. The minimum absolute atomic E-state index is 0. The van der Waals surface area contributed by atoms with Crippen LogP contribution in [-0.2, 0) is 17.8 Å². The molecule has 0 radical (unpaired) electrons. The van der Waals surface area contributed by atoms with Crippen LogP contribution in [0.5, 0.6) is 5.75 Å². The zero-order valence-electron chi connectivity index (χ0n) is 17.9. The molecule has 168 valence electrons. The summed E-state index contributed by atoms with van der Waals surface area (Å²) in [5.41, 5.74) is 3.10. The van der Waals surface area contributed by atoms with Gasteiger partial charge in [-0.2, -0.15) is 0 Å². The van der Waals surface area contributed by atoms with Gasteiger partial charge in [0.05, 0.1) is 13.7 Å². The fourth-order valence-electron chi connectivity index (χ4n) is 3.19. The van der Waals surface area contributed by atoms with Gasteiger partial charge in [-0.3, -0.25) is 4.99 Å². The predicted molar refractivity (Wildman–Crippen MR) is 134 cm³/mol. The van der Waals surface area contributed by atoms with Gasteiger partial charge in [0.1, 0.15) is 11.6 Å². The molecule has 1 heterocycles. The van der Waals surface area contributed by atoms with E-state index in [2.05, 4.69) is 20.6 Å². The van der Waals surface area contributed by atoms with Crippen LogP contribution < -0.4 is 15.4 Å². The fraction of sp³-hybridized carbons (Fsp3) is 0.348. The summed E-state index contributed by atoms with van der Waals surface area (Å²) in [4.78, 5) is 7.37. The molecule has 1 aromatic heterocycles. The summed E-state index contributed by atoms with van der Waals surface area (Å²) in [7, 11) is 3.41. The van der Waals surface area contributed by atoms with Crippen LogP contribution in [0.15, 0.2) is 53.7 Å². The Bertz CT molecular complexity index is 960. The van der Waals surface area contributed by atoms with Crippen LogP contribution in [0.25, 0.3) is 10.9 Å². The van der Waals surface area contributed by atoms with Crippen molar-refractivity contribution in [1.29, 1.82) is 0 Å². The first-order valence-electron chi connectivity index (χ1n) is 10.1. The molecular formula is C23H30FIN4O2. The average molecular weight is 540 g/mol. The minimum atomic E-state index is -0.230. The van der Waals surface area contributed by atoms with E-state index in [1.165, 1.54) is 12.1 Å². The quantitative estimate of drug-likeness (QED) is 0.156. The minimum Gasteiger partial charge on any atom is -0.497 e. The summed E-state index contributed by atoms with van der Waals surface area (Å²) in [6, 6.07) is 12.7. The zero-order chi connectivity index (χ0) is 21.2. The molecule has 0 saturated heterocycles. The number of aliphatic imine (C=N–C) groups is 1. The number of rotatable bonds is 10. The number of nitrogens with one attached hydrogen (secondary N) is 3. The molecule has 0 aliphatic carbocycles. The molecule has 0 aliphatic heterocycles. The third-order valence-corrected chi connectivity index (χ3v) is 4.83. The van der Waals surface area contributed by atoms with Crippen LogP contribution in [0, 0.1) is 5.82 Å². The van der Waals surface area contributed by atoms with Crippen molar-refractivity contribution >= 4 is 40.8 Å². The Morgan fingerprint density at radius 1 is 1.10 bits per heavy atom. The molecule has 0 spiro atoms. The van der Waals surface area contributed by atoms with Gasteiger partial charge in [-0.1, -0.05) is 12.1 Å². The van der Waals surface area contributed by atoms with Gasteiger partial charge in [-0.05, 0) is 54.3 Å². The summed E-state index contributed by atoms with van der Waals surface area (Å²) >= 11 is 0. The molecule has 0 fully saturated rings. The molecule has 0 bridgehead atoms. The number of benzene rings is 2. The van der Waals surface area contributed by atoms with Crippen molar-refractivity contribution in [3.8, 4) is 5.75 Å². The summed E-state index contributed by atoms with van der Waals surface area (Å²) < 4.78 is 24.2. The highest BCUT2D eigenvalue weighted by Gasteiger charge is 2.05. The van der Waals surface area contributed by atoms with E-state index in [9.17, 15) is 4.39 Å². The number of methoxy groups -OCH3 is 1. The van der Waals surface area contributed by atoms with E-state index in [1.54, 1.807) is 14.2 Å². The Labute approximate surface area is 199 Å². The van der Waals surface area contributed by atoms with Crippen LogP contribution in [-0.4, -0.2) is 44.8 Å². The highest BCUT2D eigenvalue weighted by atomic mass is 127. The monoisotopic (exact) mass is 540 g/mol. The van der Waals surface area contributed by atoms with Gasteiger partial charge in [0.25, 0.3) is 0 Å². The number of H-pyrrole nitrogens is 1. The number of nitrogens with zero attached hydrogens (tertiary/aromatic N) is 1. The number of ether oxygens (including phenoxy) is 2. The van der Waals surface area contributed by atoms with Crippen LogP contribution in [0.3, 0.4) is 0 Å². The maximum atomic E-state index is 13.3. The van der Waals surface area contributed by atoms with Crippen molar-refractivity contribution in [2.24, 2.45) is 4.99 Å². The highest BCUT2D eigenvalue weighted by molar-refractivity contribution is 14.0. The topological polar surface area (TPSA) is 70.7 Å². The van der Waals surface area contributed by atoms with E-state index >= 15 is 0 Å². The maximum absolute atomic E-state index is 13.3. The summed E-state index contributed by atoms with van der Waals surface area (Å²) in [5.74, 6) is 1.38. The Balaban J connectivity index is 0.00000341. The van der Waals surface area contributed by atoms with Gasteiger partial charge >= 0.3 is 0 Å². The second-order valence-corrected chi connectivity index (χ2v) is 6.93. The number of hydrogen-bond acceptors (Lipinski definition) is 3. The van der Waals surface area contributed by atoms with Crippen molar-refractivity contribution < 1.29 is 13.9 Å². The molecule has 0 amide bonds. The highest BCUT2D eigenvalue weighted by Crippen LogP contribution is 2.19. The molecule has 3 rings (SSSR count). The van der Waals surface area contributed by atoms with E-state index in [-0.39, 0.29) is 29.8 Å². The lowest BCUT2D eigenvalue weighted by atomic mass is 10.1. The third kappa shape index (κ3) is 7.70. The number of guanidine groups is 1. The SMILES string of the molecule is CN=C(NCCCOCc1ccc(OC)cc1)NCCc1c[nH]c2cc(F)ccc12.I. The molecule has 31 heavy (non-hydrogen) atoms. The van der Waals surface area contributed by atoms with E-state index in [4.69, 9.17) is 9.47 Å². The lowest BCUT2D eigenvalue weighted by molar-refractivity contribution is 0.119. The van der Waals surface area contributed by atoms with E-state index < -0.39 is 0 Å². The molecule has 0 unspecified atom stereocenters. The first-order chi connectivity index (χ1) is 14.7. The van der Waals surface area contributed by atoms with Crippen LogP contribution >= 0.6 is 24.0 Å². The Morgan fingerprint density at radius 3 is 2.61 bits per heavy atom. The molecule has 3 aromatic rings. The second-order valence-electron chi connectivity index (χ2n) is 6.93. The number of aromatic nitrogens is 1. The Morgan fingerprint density at radius 2 is 1.87 bits per heavy atom. The van der Waals surface area contributed by atoms with Gasteiger partial charge in [-0.25, -0.2) is 4.39 Å². The van der Waals surface area contributed by atoms with Crippen molar-refractivity contribution in [3.63, 3.8) is 0 Å². The van der Waals surface area contributed by atoms with Gasteiger partial charge in [0.15, 0.2) is 5.96 Å². The van der Waals surface area contributed by atoms with Gasteiger partial charge in [0, 0.05) is 43.8 Å². The number of fused-ring (bicyclic) bond motifs is 1. The fourth-order valence-corrected chi connectivity index (χ4v) is 3.19. The molecule has 8 heteroatoms. The lowest BCUT2D eigenvalue weighted by Crippen LogP contribution is -2.39. The molecule has 2 aromatic carbocycles. The first-order valence-corrected chi connectivity index (χ1v) is 10.1. The second kappa shape index (κ2) is 13.2. The van der Waals surface area contributed by atoms with Crippen LogP contribution in [0.1, 0.15) is 17.5 Å². The van der Waals surface area contributed by atoms with Crippen molar-refractivity contribution in [1.82, 2.24) is 15.6 Å². The summed E-state index contributed by atoms with van der Waals surface area (Å²) in [5, 5.41) is 7.65. The van der Waals surface area contributed by atoms with Crippen molar-refractivity contribution in [2.45, 2.75) is 19.4 Å². The third-order valence-electron chi connectivity index (χ3n) is 4.83. The number of hydrogen-bond donors (Lipinski definition) is 3. The van der Waals surface area contributed by atoms with Crippen molar-refractivity contribution in [3.05, 3.63) is 65.6 Å². The van der Waals surface area contributed by atoms with Crippen LogP contribution in [0.2, 0.25) is 0 Å². The van der Waals surface area contributed by atoms with Crippen LogP contribution in [0.4, 0.5) is 4.39 Å². The lowest BCUT2D eigenvalue weighted by Gasteiger charge is -2.12. The number of halogens is 2. The Hall–Kier alpha value is -2.33. The summed E-state index contributed by atoms with van der Waals surface area (Å²) in [6.07, 6.45) is 3.63. The van der Waals surface area contributed by atoms with Gasteiger partial charge in [-0.15, -0.1) is 24.0 Å². The van der Waals surface area contributed by atoms with E-state index in [0.717, 1.165) is 59.7 Å². The predicted octanol–water partition coefficient (Wildman–Crippen LogP) is 4.25. The smallest absolute Gasteiger partial charge is 0.190 e. The largest absolute Gasteiger partial charge is 0.497 e. The molecule has 3 N–H and O–H groups in total.